The molecule has 2 amide bonds. The van der Waals surface area contributed by atoms with Crippen LogP contribution in [0.4, 0.5) is 5.95 Å². The number of carbonyl (C=O) groups excluding carboxylic acids is 2. The standard InChI is InChI=1S/C16H19N5O3/c1-17-15(23)9-21-10-18-16(20-21)19-14(22)8-13-12-5-3-2-4-11(12)6-7-24-13/h2-5,10,13H,6-9H2,1H3,(H,17,23)(H,19,20,22). The second kappa shape index (κ2) is 7.22. The molecule has 0 fully saturated rings. The van der Waals surface area contributed by atoms with Gasteiger partial charge < -0.3 is 10.1 Å². The van der Waals surface area contributed by atoms with Crippen LogP contribution in [0.2, 0.25) is 0 Å². The van der Waals surface area contributed by atoms with Crippen molar-refractivity contribution in [3.8, 4) is 0 Å². The highest BCUT2D eigenvalue weighted by atomic mass is 16.5. The van der Waals surface area contributed by atoms with Gasteiger partial charge in [-0.15, -0.1) is 5.10 Å². The molecular weight excluding hydrogens is 310 g/mol. The smallest absolute Gasteiger partial charge is 0.248 e. The lowest BCUT2D eigenvalue weighted by atomic mass is 9.96. The minimum atomic E-state index is -0.261. The van der Waals surface area contributed by atoms with E-state index in [2.05, 4.69) is 26.8 Å². The summed E-state index contributed by atoms with van der Waals surface area (Å²) in [5.74, 6) is -0.243. The minimum Gasteiger partial charge on any atom is -0.373 e. The van der Waals surface area contributed by atoms with Gasteiger partial charge in [-0.25, -0.2) is 9.67 Å². The summed E-state index contributed by atoms with van der Waals surface area (Å²) in [5.41, 5.74) is 2.27. The second-order valence-corrected chi connectivity index (χ2v) is 5.50. The molecule has 0 aliphatic carbocycles. The predicted molar refractivity (Wildman–Crippen MR) is 86.2 cm³/mol. The van der Waals surface area contributed by atoms with Crippen LogP contribution < -0.4 is 10.6 Å². The molecule has 1 unspecified atom stereocenters. The van der Waals surface area contributed by atoms with Gasteiger partial charge in [0.25, 0.3) is 0 Å². The van der Waals surface area contributed by atoms with Crippen molar-refractivity contribution in [2.45, 2.75) is 25.5 Å². The Labute approximate surface area is 139 Å². The summed E-state index contributed by atoms with van der Waals surface area (Å²) < 4.78 is 7.09. The molecule has 1 aliphatic rings. The molecule has 0 saturated heterocycles. The number of hydrogen-bond acceptors (Lipinski definition) is 5. The minimum absolute atomic E-state index is 0.0540. The largest absolute Gasteiger partial charge is 0.373 e. The molecular formula is C16H19N5O3. The van der Waals surface area contributed by atoms with Gasteiger partial charge in [0.2, 0.25) is 17.8 Å². The van der Waals surface area contributed by atoms with Crippen molar-refractivity contribution in [1.29, 1.82) is 0 Å². The van der Waals surface area contributed by atoms with E-state index in [0.29, 0.717) is 6.61 Å². The molecule has 0 bridgehead atoms. The van der Waals surface area contributed by atoms with Crippen molar-refractivity contribution in [2.24, 2.45) is 0 Å². The lowest BCUT2D eigenvalue weighted by molar-refractivity contribution is -0.121. The number of likely N-dealkylation sites (N-methyl/N-ethyl adjacent to an activating group) is 1. The topological polar surface area (TPSA) is 98.1 Å². The summed E-state index contributed by atoms with van der Waals surface area (Å²) in [6.07, 6.45) is 2.20. The molecule has 1 aromatic heterocycles. The van der Waals surface area contributed by atoms with Crippen LogP contribution in [0, 0.1) is 0 Å². The number of nitrogens with one attached hydrogen (secondary N) is 2. The van der Waals surface area contributed by atoms with E-state index in [1.165, 1.54) is 16.6 Å². The van der Waals surface area contributed by atoms with Crippen molar-refractivity contribution in [1.82, 2.24) is 20.1 Å². The summed E-state index contributed by atoms with van der Waals surface area (Å²) >= 11 is 0. The molecule has 1 aromatic carbocycles. The number of fused-ring (bicyclic) bond motifs is 1. The van der Waals surface area contributed by atoms with E-state index < -0.39 is 0 Å². The summed E-state index contributed by atoms with van der Waals surface area (Å²) in [6.45, 7) is 0.659. The summed E-state index contributed by atoms with van der Waals surface area (Å²) in [4.78, 5) is 27.5. The molecule has 8 heteroatoms. The summed E-state index contributed by atoms with van der Waals surface area (Å²) in [7, 11) is 1.55. The van der Waals surface area contributed by atoms with E-state index in [1.54, 1.807) is 7.05 Å². The van der Waals surface area contributed by atoms with Crippen LogP contribution in [0.3, 0.4) is 0 Å². The Balaban J connectivity index is 1.60. The van der Waals surface area contributed by atoms with Crippen LogP contribution in [-0.4, -0.2) is 40.2 Å². The Morgan fingerprint density at radius 2 is 2.17 bits per heavy atom. The molecule has 0 saturated carbocycles. The zero-order valence-electron chi connectivity index (χ0n) is 13.4. The van der Waals surface area contributed by atoms with Crippen molar-refractivity contribution < 1.29 is 14.3 Å². The van der Waals surface area contributed by atoms with Gasteiger partial charge in [-0.05, 0) is 17.5 Å². The molecule has 1 atom stereocenters. The first kappa shape index (κ1) is 16.1. The van der Waals surface area contributed by atoms with Crippen LogP contribution >= 0.6 is 0 Å². The van der Waals surface area contributed by atoms with Crippen molar-refractivity contribution in [2.75, 3.05) is 19.0 Å². The molecule has 3 rings (SSSR count). The highest BCUT2D eigenvalue weighted by molar-refractivity contribution is 5.89. The highest BCUT2D eigenvalue weighted by Crippen LogP contribution is 2.29. The van der Waals surface area contributed by atoms with Gasteiger partial charge in [0.05, 0.1) is 19.1 Å². The molecule has 2 aromatic rings. The Morgan fingerprint density at radius 1 is 1.33 bits per heavy atom. The number of aromatic nitrogens is 3. The van der Waals surface area contributed by atoms with Gasteiger partial charge in [-0.2, -0.15) is 0 Å². The average molecular weight is 329 g/mol. The van der Waals surface area contributed by atoms with Gasteiger partial charge in [0, 0.05) is 7.05 Å². The monoisotopic (exact) mass is 329 g/mol. The Hall–Kier alpha value is -2.74. The quantitative estimate of drug-likeness (QED) is 0.840. The second-order valence-electron chi connectivity index (χ2n) is 5.50. The zero-order chi connectivity index (χ0) is 16.9. The number of hydrogen-bond donors (Lipinski definition) is 2. The highest BCUT2D eigenvalue weighted by Gasteiger charge is 2.23. The maximum absolute atomic E-state index is 12.2. The molecule has 24 heavy (non-hydrogen) atoms. The first-order chi connectivity index (χ1) is 11.7. The van der Waals surface area contributed by atoms with E-state index in [4.69, 9.17) is 4.74 Å². The molecule has 2 heterocycles. The summed E-state index contributed by atoms with van der Waals surface area (Å²) in [6, 6.07) is 7.98. The fraction of sp³-hybridized carbons (Fsp3) is 0.375. The molecule has 0 spiro atoms. The molecule has 126 valence electrons. The lowest BCUT2D eigenvalue weighted by Gasteiger charge is -2.25. The lowest BCUT2D eigenvalue weighted by Crippen LogP contribution is -2.24. The van der Waals surface area contributed by atoms with E-state index in [1.807, 2.05) is 18.2 Å². The third kappa shape index (κ3) is 3.77. The van der Waals surface area contributed by atoms with Gasteiger partial charge in [-0.3, -0.25) is 14.9 Å². The van der Waals surface area contributed by atoms with Crippen LogP contribution in [0.5, 0.6) is 0 Å². The van der Waals surface area contributed by atoms with Crippen LogP contribution in [-0.2, 0) is 27.3 Å². The Bertz CT molecular complexity index is 743. The maximum atomic E-state index is 12.2. The number of nitrogens with zero attached hydrogens (tertiary/aromatic N) is 3. The van der Waals surface area contributed by atoms with Gasteiger partial charge in [0.15, 0.2) is 0 Å². The number of carbonyl (C=O) groups is 2. The number of rotatable bonds is 5. The third-order valence-corrected chi connectivity index (χ3v) is 3.84. The van der Waals surface area contributed by atoms with Crippen LogP contribution in [0.15, 0.2) is 30.6 Å². The number of anilines is 1. The predicted octanol–water partition coefficient (Wildman–Crippen LogP) is 0.667. The normalized spacial score (nSPS) is 16.3. The van der Waals surface area contributed by atoms with Gasteiger partial charge in [0.1, 0.15) is 12.9 Å². The molecule has 8 nitrogen and oxygen atoms in total. The van der Waals surface area contributed by atoms with Crippen molar-refractivity contribution in [3.63, 3.8) is 0 Å². The first-order valence-corrected chi connectivity index (χ1v) is 7.75. The third-order valence-electron chi connectivity index (χ3n) is 3.84. The first-order valence-electron chi connectivity index (χ1n) is 7.75. The van der Waals surface area contributed by atoms with Crippen molar-refractivity contribution >= 4 is 17.8 Å². The fourth-order valence-electron chi connectivity index (χ4n) is 2.64. The Morgan fingerprint density at radius 3 is 3.00 bits per heavy atom. The molecule has 1 aliphatic heterocycles. The maximum Gasteiger partial charge on any atom is 0.248 e. The fourth-order valence-corrected chi connectivity index (χ4v) is 2.64. The molecule has 0 radical (unpaired) electrons. The average Bonchev–Trinajstić information content (AvgIpc) is 3.01. The van der Waals surface area contributed by atoms with Crippen LogP contribution in [0.1, 0.15) is 23.7 Å². The van der Waals surface area contributed by atoms with Gasteiger partial charge in [-0.1, -0.05) is 24.3 Å². The zero-order valence-corrected chi connectivity index (χ0v) is 13.4. The van der Waals surface area contributed by atoms with E-state index in [-0.39, 0.29) is 36.8 Å². The van der Waals surface area contributed by atoms with E-state index in [0.717, 1.165) is 12.0 Å². The van der Waals surface area contributed by atoms with E-state index >= 15 is 0 Å². The Kier molecular flexibility index (Phi) is 4.85. The number of ether oxygens (including phenoxy) is 1. The van der Waals surface area contributed by atoms with E-state index in [9.17, 15) is 9.59 Å². The molecule has 2 N–H and O–H groups in total. The number of amides is 2. The summed E-state index contributed by atoms with van der Waals surface area (Å²) in [5, 5.41) is 9.18. The van der Waals surface area contributed by atoms with Crippen LogP contribution in [0.25, 0.3) is 0 Å². The van der Waals surface area contributed by atoms with Gasteiger partial charge >= 0.3 is 0 Å². The van der Waals surface area contributed by atoms with Crippen molar-refractivity contribution in [3.05, 3.63) is 41.7 Å². The SMILES string of the molecule is CNC(=O)Cn1cnc(NC(=O)CC2OCCc3ccccc32)n1. The number of benzene rings is 1.